The van der Waals surface area contributed by atoms with Crippen LogP contribution in [0.4, 0.5) is 11.4 Å². The maximum atomic E-state index is 12.2. The van der Waals surface area contributed by atoms with Crippen LogP contribution in [-0.4, -0.2) is 36.5 Å². The number of anilines is 2. The summed E-state index contributed by atoms with van der Waals surface area (Å²) in [6.45, 7) is 10.2. The molecule has 1 aliphatic heterocycles. The van der Waals surface area contributed by atoms with Gasteiger partial charge in [0.15, 0.2) is 5.78 Å². The van der Waals surface area contributed by atoms with Gasteiger partial charge in [-0.05, 0) is 31.2 Å². The van der Waals surface area contributed by atoms with E-state index in [4.69, 9.17) is 0 Å². The molecule has 0 spiro atoms. The monoisotopic (exact) mass is 510 g/mol. The van der Waals surface area contributed by atoms with Gasteiger partial charge in [-0.3, -0.25) is 19.2 Å². The molecule has 2 aromatic carbocycles. The van der Waals surface area contributed by atoms with Crippen LogP contribution in [0.2, 0.25) is 0 Å². The van der Waals surface area contributed by atoms with Gasteiger partial charge in [0.1, 0.15) is 5.78 Å². The summed E-state index contributed by atoms with van der Waals surface area (Å²) in [7, 11) is 1.28. The van der Waals surface area contributed by atoms with Gasteiger partial charge in [0.05, 0.1) is 34.9 Å². The van der Waals surface area contributed by atoms with E-state index < -0.39 is 16.8 Å². The highest BCUT2D eigenvalue weighted by Gasteiger charge is 2.41. The Kier molecular flexibility index (Phi) is 10.5. The summed E-state index contributed by atoms with van der Waals surface area (Å²) in [5, 5.41) is 5.49. The van der Waals surface area contributed by atoms with Crippen molar-refractivity contribution in [3.8, 4) is 0 Å². The zero-order valence-corrected chi connectivity index (χ0v) is 21.9. The van der Waals surface area contributed by atoms with E-state index in [1.165, 1.54) is 14.0 Å². The van der Waals surface area contributed by atoms with Gasteiger partial charge in [-0.1, -0.05) is 66.3 Å². The maximum Gasteiger partial charge on any atom is 0.339 e. The lowest BCUT2D eigenvalue weighted by Crippen LogP contribution is -2.37. The number of methoxy groups -OCH3 is 1. The Hall–Kier alpha value is -3.81. The Morgan fingerprint density at radius 1 is 1.03 bits per heavy atom. The lowest BCUT2D eigenvalue weighted by molar-refractivity contribution is -0.129. The number of ether oxygens (including phenoxy) is 1. The molecule has 1 unspecified atom stereocenters. The lowest BCUT2D eigenvalue weighted by atomic mass is 9.76. The Morgan fingerprint density at radius 3 is 2.19 bits per heavy atom. The van der Waals surface area contributed by atoms with Crippen LogP contribution >= 0.6 is 0 Å². The van der Waals surface area contributed by atoms with Crippen molar-refractivity contribution in [3.63, 3.8) is 0 Å². The van der Waals surface area contributed by atoms with Crippen molar-refractivity contribution in [2.75, 3.05) is 17.7 Å². The van der Waals surface area contributed by atoms with E-state index in [-0.39, 0.29) is 48.7 Å². The van der Waals surface area contributed by atoms with Crippen LogP contribution in [0.5, 0.6) is 0 Å². The minimum atomic E-state index is -0.838. The fraction of sp³-hybridized carbons (Fsp3) is 0.414. The number of carbonyl (C=O) groups is 5. The number of para-hydroxylation sites is 2. The molecule has 2 amide bonds. The minimum absolute atomic E-state index is 0. The number of carbonyl (C=O) groups excluding carboxylic acids is 5. The third-order valence-electron chi connectivity index (χ3n) is 6.39. The third-order valence-corrected chi connectivity index (χ3v) is 6.39. The zero-order valence-electron chi connectivity index (χ0n) is 21.9. The molecule has 2 N–H and O–H groups in total. The largest absolute Gasteiger partial charge is 0.465 e. The smallest absolute Gasteiger partial charge is 0.339 e. The second-order valence-electron chi connectivity index (χ2n) is 10.1. The van der Waals surface area contributed by atoms with E-state index >= 15 is 0 Å². The molecule has 0 aromatic heterocycles. The molecule has 8 nitrogen and oxygen atoms in total. The molecular weight excluding hydrogens is 472 g/mol. The van der Waals surface area contributed by atoms with Crippen molar-refractivity contribution in [1.29, 1.82) is 0 Å². The molecule has 1 atom stereocenters. The number of esters is 1. The SMILES string of the molecule is C.CC1C(=O)c2ccccc2NC(=O)C1(C)C.COC(=O)c1ccccc1NC(=O)C(C)(C)CC(C)=O. The second kappa shape index (κ2) is 12.4. The number of hydrogen-bond donors (Lipinski definition) is 2. The first-order valence-electron chi connectivity index (χ1n) is 11.6. The Balaban J connectivity index is 0.000000367. The number of fused-ring (bicyclic) bond motifs is 1. The molecule has 2 aromatic rings. The summed E-state index contributed by atoms with van der Waals surface area (Å²) in [5.74, 6) is -1.28. The number of amides is 2. The molecule has 1 aliphatic rings. The molecule has 1 heterocycles. The number of ketones is 2. The van der Waals surface area contributed by atoms with Crippen LogP contribution in [0.1, 0.15) is 76.1 Å². The summed E-state index contributed by atoms with van der Waals surface area (Å²) in [4.78, 5) is 59.2. The van der Waals surface area contributed by atoms with Gasteiger partial charge < -0.3 is 15.4 Å². The van der Waals surface area contributed by atoms with Gasteiger partial charge in [0, 0.05) is 17.9 Å². The molecule has 8 heteroatoms. The van der Waals surface area contributed by atoms with Crippen LogP contribution in [0.25, 0.3) is 0 Å². The molecule has 3 rings (SSSR count). The first-order chi connectivity index (χ1) is 16.7. The molecular formula is C29H38N2O6. The summed E-state index contributed by atoms with van der Waals surface area (Å²) in [6, 6.07) is 13.7. The van der Waals surface area contributed by atoms with E-state index in [9.17, 15) is 24.0 Å². The van der Waals surface area contributed by atoms with Crippen LogP contribution in [0.3, 0.4) is 0 Å². The van der Waals surface area contributed by atoms with Crippen LogP contribution in [0, 0.1) is 16.7 Å². The summed E-state index contributed by atoms with van der Waals surface area (Å²) in [6.07, 6.45) is 0.138. The van der Waals surface area contributed by atoms with Gasteiger partial charge in [-0.25, -0.2) is 4.79 Å². The van der Waals surface area contributed by atoms with Crippen molar-refractivity contribution in [2.24, 2.45) is 16.7 Å². The van der Waals surface area contributed by atoms with Gasteiger partial charge >= 0.3 is 5.97 Å². The summed E-state index contributed by atoms with van der Waals surface area (Å²) in [5.41, 5.74) is 0.373. The van der Waals surface area contributed by atoms with Crippen molar-refractivity contribution in [3.05, 3.63) is 59.7 Å². The molecule has 0 saturated heterocycles. The molecule has 0 fully saturated rings. The Morgan fingerprint density at radius 2 is 1.59 bits per heavy atom. The quantitative estimate of drug-likeness (QED) is 0.510. The molecule has 0 radical (unpaired) electrons. The van der Waals surface area contributed by atoms with E-state index in [1.54, 1.807) is 64.1 Å². The fourth-order valence-electron chi connectivity index (χ4n) is 3.72. The van der Waals surface area contributed by atoms with E-state index in [0.717, 1.165) is 0 Å². The summed E-state index contributed by atoms with van der Waals surface area (Å²) >= 11 is 0. The minimum Gasteiger partial charge on any atom is -0.465 e. The third kappa shape index (κ3) is 7.35. The van der Waals surface area contributed by atoms with Gasteiger partial charge in [-0.2, -0.15) is 0 Å². The highest BCUT2D eigenvalue weighted by molar-refractivity contribution is 6.12. The Bertz CT molecular complexity index is 1180. The highest BCUT2D eigenvalue weighted by atomic mass is 16.5. The molecule has 0 saturated carbocycles. The average Bonchev–Trinajstić information content (AvgIpc) is 2.88. The molecule has 0 bridgehead atoms. The maximum absolute atomic E-state index is 12.2. The molecule has 0 aliphatic carbocycles. The number of benzene rings is 2. The predicted molar refractivity (Wildman–Crippen MR) is 145 cm³/mol. The number of hydrogen-bond acceptors (Lipinski definition) is 6. The fourth-order valence-corrected chi connectivity index (χ4v) is 3.72. The van der Waals surface area contributed by atoms with Gasteiger partial charge in [-0.15, -0.1) is 0 Å². The van der Waals surface area contributed by atoms with Crippen molar-refractivity contribution in [1.82, 2.24) is 0 Å². The van der Waals surface area contributed by atoms with E-state index in [2.05, 4.69) is 15.4 Å². The van der Waals surface area contributed by atoms with E-state index in [0.29, 0.717) is 16.9 Å². The molecule has 37 heavy (non-hydrogen) atoms. The van der Waals surface area contributed by atoms with E-state index in [1.807, 2.05) is 19.1 Å². The average molecular weight is 511 g/mol. The van der Waals surface area contributed by atoms with Crippen molar-refractivity contribution < 1.29 is 28.7 Å². The Labute approximate surface area is 219 Å². The number of Topliss-reactive ketones (excluding diaryl/α,β-unsaturated/α-hetero) is 2. The van der Waals surface area contributed by atoms with Crippen LogP contribution < -0.4 is 10.6 Å². The van der Waals surface area contributed by atoms with Crippen molar-refractivity contribution in [2.45, 2.75) is 55.4 Å². The zero-order chi connectivity index (χ0) is 27.3. The summed E-state index contributed by atoms with van der Waals surface area (Å²) < 4.78 is 4.66. The first kappa shape index (κ1) is 31.2. The topological polar surface area (TPSA) is 119 Å². The highest BCUT2D eigenvalue weighted by Crippen LogP contribution is 2.36. The normalized spacial score (nSPS) is 15.9. The van der Waals surface area contributed by atoms with Gasteiger partial charge in [0.25, 0.3) is 0 Å². The second-order valence-corrected chi connectivity index (χ2v) is 10.1. The van der Waals surface area contributed by atoms with Gasteiger partial charge in [0.2, 0.25) is 11.8 Å². The van der Waals surface area contributed by atoms with Crippen LogP contribution in [0.15, 0.2) is 48.5 Å². The van der Waals surface area contributed by atoms with Crippen molar-refractivity contribution >= 4 is 40.7 Å². The lowest BCUT2D eigenvalue weighted by Gasteiger charge is -2.26. The van der Waals surface area contributed by atoms with Crippen LogP contribution in [-0.2, 0) is 19.1 Å². The number of nitrogens with one attached hydrogen (secondary N) is 2. The molecule has 200 valence electrons. The standard InChI is InChI=1S/C15H19NO4.C13H15NO2.CH4/c1-10(17)9-15(2,3)14(19)16-12-8-6-5-7-11(12)13(18)20-4;1-8-11(15)9-6-4-5-7-10(9)14-12(16)13(8,2)3;/h5-8H,9H2,1-4H3,(H,16,19);4-8H,1-3H3,(H,14,16);1H4. The number of rotatable bonds is 5. The predicted octanol–water partition coefficient (Wildman–Crippen LogP) is 5.54. The first-order valence-corrected chi connectivity index (χ1v) is 11.6.